The van der Waals surface area contributed by atoms with Gasteiger partial charge < -0.3 is 14.0 Å². The van der Waals surface area contributed by atoms with Crippen LogP contribution in [-0.2, 0) is 18.4 Å². The SMILES string of the molecule is Cc1cn(C)c([C@H]2CCCN2C(=O)Cn2cnc3ccccc32)n1. The summed E-state index contributed by atoms with van der Waals surface area (Å²) in [4.78, 5) is 23.9. The van der Waals surface area contributed by atoms with Crippen LogP contribution >= 0.6 is 0 Å². The van der Waals surface area contributed by atoms with Gasteiger partial charge in [-0.05, 0) is 31.9 Å². The van der Waals surface area contributed by atoms with Crippen LogP contribution in [0, 0.1) is 6.92 Å². The van der Waals surface area contributed by atoms with Crippen LogP contribution in [0.25, 0.3) is 11.0 Å². The van der Waals surface area contributed by atoms with Gasteiger partial charge in [0.25, 0.3) is 0 Å². The highest BCUT2D eigenvalue weighted by Crippen LogP contribution is 2.31. The number of aromatic nitrogens is 4. The molecule has 4 rings (SSSR count). The molecule has 2 aromatic heterocycles. The maximum atomic E-state index is 12.9. The number of rotatable bonds is 3. The quantitative estimate of drug-likeness (QED) is 0.744. The Hall–Kier alpha value is -2.63. The van der Waals surface area contributed by atoms with Crippen molar-refractivity contribution in [2.24, 2.45) is 7.05 Å². The summed E-state index contributed by atoms with van der Waals surface area (Å²) in [5, 5.41) is 0. The lowest BCUT2D eigenvalue weighted by atomic mass is 10.2. The molecule has 1 aliphatic heterocycles. The highest BCUT2D eigenvalue weighted by Gasteiger charge is 2.32. The molecule has 1 atom stereocenters. The van der Waals surface area contributed by atoms with Crippen molar-refractivity contribution in [3.63, 3.8) is 0 Å². The Balaban J connectivity index is 1.58. The number of hydrogen-bond donors (Lipinski definition) is 0. The summed E-state index contributed by atoms with van der Waals surface area (Å²) in [5.74, 6) is 1.11. The second-order valence-corrected chi connectivity index (χ2v) is 6.46. The van der Waals surface area contributed by atoms with Crippen molar-refractivity contribution >= 4 is 16.9 Å². The predicted octanol–water partition coefficient (Wildman–Crippen LogP) is 2.44. The second-order valence-electron chi connectivity index (χ2n) is 6.46. The number of benzene rings is 1. The van der Waals surface area contributed by atoms with Crippen molar-refractivity contribution in [2.45, 2.75) is 32.4 Å². The predicted molar refractivity (Wildman–Crippen MR) is 91.4 cm³/mol. The largest absolute Gasteiger partial charge is 0.336 e. The fourth-order valence-corrected chi connectivity index (χ4v) is 3.65. The molecule has 0 bridgehead atoms. The van der Waals surface area contributed by atoms with Crippen LogP contribution in [0.3, 0.4) is 0 Å². The van der Waals surface area contributed by atoms with Crippen molar-refractivity contribution in [1.82, 2.24) is 24.0 Å². The average molecular weight is 323 g/mol. The van der Waals surface area contributed by atoms with E-state index in [0.29, 0.717) is 6.54 Å². The second kappa shape index (κ2) is 5.78. The fraction of sp³-hybridized carbons (Fsp3) is 0.389. The number of imidazole rings is 2. The number of fused-ring (bicyclic) bond motifs is 1. The number of amides is 1. The standard InChI is InChI=1S/C18H21N5O/c1-13-10-21(2)18(20-13)16-8-5-9-23(16)17(24)11-22-12-19-14-6-3-4-7-15(14)22/h3-4,6-7,10,12,16H,5,8-9,11H2,1-2H3/t16-/m1/s1. The Morgan fingerprint density at radius 2 is 2.17 bits per heavy atom. The molecule has 1 aliphatic rings. The van der Waals surface area contributed by atoms with Gasteiger partial charge in [-0.3, -0.25) is 4.79 Å². The van der Waals surface area contributed by atoms with E-state index in [1.165, 1.54) is 0 Å². The van der Waals surface area contributed by atoms with Gasteiger partial charge in [0.2, 0.25) is 5.91 Å². The van der Waals surface area contributed by atoms with Crippen molar-refractivity contribution in [2.75, 3.05) is 6.54 Å². The van der Waals surface area contributed by atoms with Crippen LogP contribution in [0.5, 0.6) is 0 Å². The average Bonchev–Trinajstić information content (AvgIpc) is 3.26. The molecule has 24 heavy (non-hydrogen) atoms. The normalized spacial score (nSPS) is 17.8. The van der Waals surface area contributed by atoms with Gasteiger partial charge in [-0.15, -0.1) is 0 Å². The molecule has 6 heteroatoms. The van der Waals surface area contributed by atoms with E-state index in [1.54, 1.807) is 6.33 Å². The van der Waals surface area contributed by atoms with E-state index in [4.69, 9.17) is 0 Å². The molecule has 1 aromatic carbocycles. The van der Waals surface area contributed by atoms with Crippen LogP contribution in [0.4, 0.5) is 0 Å². The van der Waals surface area contributed by atoms with Gasteiger partial charge in [-0.1, -0.05) is 12.1 Å². The molecule has 0 radical (unpaired) electrons. The minimum absolute atomic E-state index is 0.0750. The topological polar surface area (TPSA) is 56.0 Å². The number of hydrogen-bond acceptors (Lipinski definition) is 3. The maximum Gasteiger partial charge on any atom is 0.243 e. The lowest BCUT2D eigenvalue weighted by Gasteiger charge is -2.24. The Kier molecular flexibility index (Phi) is 3.59. The molecule has 0 aliphatic carbocycles. The van der Waals surface area contributed by atoms with Crippen LogP contribution in [0.15, 0.2) is 36.8 Å². The van der Waals surface area contributed by atoms with Crippen LogP contribution in [0.2, 0.25) is 0 Å². The van der Waals surface area contributed by atoms with E-state index in [9.17, 15) is 4.79 Å². The van der Waals surface area contributed by atoms with Gasteiger partial charge >= 0.3 is 0 Å². The first-order valence-electron chi connectivity index (χ1n) is 8.32. The van der Waals surface area contributed by atoms with E-state index >= 15 is 0 Å². The molecule has 3 heterocycles. The van der Waals surface area contributed by atoms with E-state index in [2.05, 4.69) is 9.97 Å². The lowest BCUT2D eigenvalue weighted by molar-refractivity contribution is -0.132. The van der Waals surface area contributed by atoms with Crippen molar-refractivity contribution < 1.29 is 4.79 Å². The first-order valence-corrected chi connectivity index (χ1v) is 8.32. The summed E-state index contributed by atoms with van der Waals surface area (Å²) in [6.07, 6.45) is 5.76. The van der Waals surface area contributed by atoms with Gasteiger partial charge in [-0.2, -0.15) is 0 Å². The number of carbonyl (C=O) groups is 1. The number of aryl methyl sites for hydroxylation is 2. The molecule has 0 unspecified atom stereocenters. The molecule has 124 valence electrons. The third-order valence-electron chi connectivity index (χ3n) is 4.74. The Morgan fingerprint density at radius 1 is 1.33 bits per heavy atom. The zero-order chi connectivity index (χ0) is 16.7. The van der Waals surface area contributed by atoms with E-state index < -0.39 is 0 Å². The summed E-state index contributed by atoms with van der Waals surface area (Å²) in [5.41, 5.74) is 2.91. The molecule has 3 aromatic rings. The van der Waals surface area contributed by atoms with Crippen molar-refractivity contribution in [3.8, 4) is 0 Å². The van der Waals surface area contributed by atoms with E-state index in [-0.39, 0.29) is 11.9 Å². The third-order valence-corrected chi connectivity index (χ3v) is 4.74. The van der Waals surface area contributed by atoms with E-state index in [1.807, 2.05) is 58.5 Å². The zero-order valence-corrected chi connectivity index (χ0v) is 14.0. The number of carbonyl (C=O) groups excluding carboxylic acids is 1. The number of nitrogens with zero attached hydrogens (tertiary/aromatic N) is 5. The summed E-state index contributed by atoms with van der Waals surface area (Å²) in [6, 6.07) is 7.97. The summed E-state index contributed by atoms with van der Waals surface area (Å²) >= 11 is 0. The van der Waals surface area contributed by atoms with Crippen molar-refractivity contribution in [1.29, 1.82) is 0 Å². The van der Waals surface area contributed by atoms with Gasteiger partial charge in [0, 0.05) is 19.8 Å². The first-order chi connectivity index (χ1) is 11.6. The summed E-state index contributed by atoms with van der Waals surface area (Å²) < 4.78 is 3.97. The van der Waals surface area contributed by atoms with Gasteiger partial charge in [0.05, 0.1) is 29.1 Å². The molecule has 1 amide bonds. The van der Waals surface area contributed by atoms with Gasteiger partial charge in [0.15, 0.2) is 0 Å². The van der Waals surface area contributed by atoms with E-state index in [0.717, 1.165) is 41.9 Å². The van der Waals surface area contributed by atoms with Gasteiger partial charge in [-0.25, -0.2) is 9.97 Å². The molecule has 1 saturated heterocycles. The Labute approximate surface area is 140 Å². The molecule has 0 saturated carbocycles. The fourth-order valence-electron chi connectivity index (χ4n) is 3.65. The summed E-state index contributed by atoms with van der Waals surface area (Å²) in [6.45, 7) is 3.10. The molecule has 0 N–H and O–H groups in total. The molecule has 1 fully saturated rings. The minimum Gasteiger partial charge on any atom is -0.336 e. The molecule has 0 spiro atoms. The monoisotopic (exact) mass is 323 g/mol. The highest BCUT2D eigenvalue weighted by molar-refractivity contribution is 5.81. The molecule has 6 nitrogen and oxygen atoms in total. The highest BCUT2D eigenvalue weighted by atomic mass is 16.2. The molecular weight excluding hydrogens is 302 g/mol. The summed E-state index contributed by atoms with van der Waals surface area (Å²) in [7, 11) is 2.00. The first kappa shape index (κ1) is 14.9. The molecular formula is C18H21N5O. The van der Waals surface area contributed by atoms with Crippen LogP contribution in [-0.4, -0.2) is 36.5 Å². The Bertz CT molecular complexity index is 894. The minimum atomic E-state index is 0.0750. The lowest BCUT2D eigenvalue weighted by Crippen LogP contribution is -2.34. The zero-order valence-electron chi connectivity index (χ0n) is 14.0. The number of para-hydroxylation sites is 2. The van der Waals surface area contributed by atoms with Crippen LogP contribution < -0.4 is 0 Å². The van der Waals surface area contributed by atoms with Gasteiger partial charge in [0.1, 0.15) is 12.4 Å². The number of likely N-dealkylation sites (tertiary alicyclic amines) is 1. The van der Waals surface area contributed by atoms with Crippen molar-refractivity contribution in [3.05, 3.63) is 48.3 Å². The third kappa shape index (κ3) is 2.48. The van der Waals surface area contributed by atoms with Crippen LogP contribution in [0.1, 0.15) is 30.4 Å². The Morgan fingerprint density at radius 3 is 2.96 bits per heavy atom. The maximum absolute atomic E-state index is 12.9. The smallest absolute Gasteiger partial charge is 0.243 e.